The van der Waals surface area contributed by atoms with Crippen molar-refractivity contribution in [3.63, 3.8) is 0 Å². The Morgan fingerprint density at radius 3 is 2.40 bits per heavy atom. The molecule has 0 bridgehead atoms. The van der Waals surface area contributed by atoms with Crippen LogP contribution in [-0.4, -0.2) is 65.5 Å². The van der Waals surface area contributed by atoms with E-state index in [0.29, 0.717) is 47.4 Å². The number of aromatic nitrogens is 4. The van der Waals surface area contributed by atoms with E-state index in [4.69, 9.17) is 14.2 Å². The number of benzene rings is 3. The first-order valence-corrected chi connectivity index (χ1v) is 16.5. The fraction of sp³-hybridized carbons (Fsp3) is 0.417. The second-order valence-corrected chi connectivity index (χ2v) is 12.2. The van der Waals surface area contributed by atoms with Crippen molar-refractivity contribution in [2.75, 3.05) is 32.3 Å². The standard InChI is InChI=1S/C36H41FN6O5/c1-46-31-19-14-27(21-32(31)47-2)35-39-41-42(40-35)23-33(44)43(29-17-12-25(13-18-29)24-7-4-3-5-8-24)34(26-10-15-28(37)16-11-26)36(45)38-22-30-9-6-20-48-30/h10-19,21,24,30,34H,3-9,20,22-23H2,1-2H3,(H,38,45)/t30-,34+/m1/s1. The molecule has 1 aromatic heterocycles. The number of methoxy groups -OCH3 is 2. The quantitative estimate of drug-likeness (QED) is 0.209. The highest BCUT2D eigenvalue weighted by atomic mass is 19.1. The number of hydrogen-bond donors (Lipinski definition) is 1. The fourth-order valence-corrected chi connectivity index (χ4v) is 6.56. The van der Waals surface area contributed by atoms with E-state index in [1.807, 2.05) is 24.3 Å². The average molecular weight is 657 g/mol. The molecule has 2 fully saturated rings. The molecular formula is C36H41FN6O5. The maximum absolute atomic E-state index is 14.4. The van der Waals surface area contributed by atoms with Crippen LogP contribution in [0.2, 0.25) is 0 Å². The summed E-state index contributed by atoms with van der Waals surface area (Å²) in [5, 5.41) is 15.8. The Morgan fingerprint density at radius 1 is 0.958 bits per heavy atom. The van der Waals surface area contributed by atoms with Crippen molar-refractivity contribution in [3.8, 4) is 22.9 Å². The summed E-state index contributed by atoms with van der Waals surface area (Å²) in [7, 11) is 3.09. The van der Waals surface area contributed by atoms with Gasteiger partial charge in [0.1, 0.15) is 18.4 Å². The Morgan fingerprint density at radius 2 is 1.71 bits per heavy atom. The van der Waals surface area contributed by atoms with Crippen molar-refractivity contribution in [3.05, 3.63) is 83.7 Å². The highest BCUT2D eigenvalue weighted by molar-refractivity contribution is 6.01. The van der Waals surface area contributed by atoms with Gasteiger partial charge < -0.3 is 19.5 Å². The maximum atomic E-state index is 14.4. The van der Waals surface area contributed by atoms with E-state index in [-0.39, 0.29) is 18.5 Å². The summed E-state index contributed by atoms with van der Waals surface area (Å²) in [4.78, 5) is 31.0. The minimum atomic E-state index is -1.10. The molecule has 1 aliphatic heterocycles. The number of nitrogens with zero attached hydrogens (tertiary/aromatic N) is 5. The van der Waals surface area contributed by atoms with Crippen molar-refractivity contribution < 1.29 is 28.2 Å². The van der Waals surface area contributed by atoms with Crippen LogP contribution in [0.3, 0.4) is 0 Å². The predicted octanol–water partition coefficient (Wildman–Crippen LogP) is 5.61. The van der Waals surface area contributed by atoms with Gasteiger partial charge >= 0.3 is 0 Å². The molecule has 3 aromatic carbocycles. The first-order chi connectivity index (χ1) is 23.4. The molecule has 1 aliphatic carbocycles. The number of halogens is 1. The fourth-order valence-electron chi connectivity index (χ4n) is 6.56. The van der Waals surface area contributed by atoms with E-state index in [1.54, 1.807) is 25.3 Å². The van der Waals surface area contributed by atoms with Crippen molar-refractivity contribution in [2.45, 2.75) is 69.6 Å². The molecule has 11 nitrogen and oxygen atoms in total. The van der Waals surface area contributed by atoms with E-state index in [2.05, 4.69) is 20.7 Å². The number of amides is 2. The van der Waals surface area contributed by atoms with Crippen LogP contribution in [0.4, 0.5) is 10.1 Å². The van der Waals surface area contributed by atoms with Gasteiger partial charge in [0.15, 0.2) is 11.5 Å². The highest BCUT2D eigenvalue weighted by Crippen LogP contribution is 2.35. The van der Waals surface area contributed by atoms with Crippen LogP contribution in [0.1, 0.15) is 68.0 Å². The first kappa shape index (κ1) is 33.1. The maximum Gasteiger partial charge on any atom is 0.251 e. The van der Waals surface area contributed by atoms with Gasteiger partial charge in [-0.25, -0.2) is 4.39 Å². The van der Waals surface area contributed by atoms with Crippen molar-refractivity contribution >= 4 is 17.5 Å². The van der Waals surface area contributed by atoms with Gasteiger partial charge in [0.2, 0.25) is 11.7 Å². The Labute approximate surface area is 279 Å². The molecule has 0 radical (unpaired) electrons. The topological polar surface area (TPSA) is 121 Å². The molecule has 1 N–H and O–H groups in total. The van der Waals surface area contributed by atoms with Gasteiger partial charge in [-0.15, -0.1) is 10.2 Å². The molecule has 6 rings (SSSR count). The molecule has 4 aromatic rings. The number of rotatable bonds is 12. The summed E-state index contributed by atoms with van der Waals surface area (Å²) in [6.45, 7) is 0.649. The molecule has 2 heterocycles. The summed E-state index contributed by atoms with van der Waals surface area (Å²) in [5.74, 6) is 0.518. The Hall–Kier alpha value is -4.84. The lowest BCUT2D eigenvalue weighted by atomic mass is 9.84. The van der Waals surface area contributed by atoms with Gasteiger partial charge in [-0.05, 0) is 90.4 Å². The van der Waals surface area contributed by atoms with Gasteiger partial charge in [0.05, 0.1) is 20.3 Å². The number of carbonyl (C=O) groups excluding carboxylic acids is 2. The van der Waals surface area contributed by atoms with Gasteiger partial charge in [-0.1, -0.05) is 43.5 Å². The van der Waals surface area contributed by atoms with Gasteiger partial charge in [0, 0.05) is 24.4 Å². The third kappa shape index (κ3) is 7.65. The number of anilines is 1. The molecule has 12 heteroatoms. The van der Waals surface area contributed by atoms with E-state index < -0.39 is 23.7 Å². The minimum Gasteiger partial charge on any atom is -0.493 e. The highest BCUT2D eigenvalue weighted by Gasteiger charge is 2.34. The lowest BCUT2D eigenvalue weighted by Crippen LogP contribution is -2.46. The minimum absolute atomic E-state index is 0.101. The summed E-state index contributed by atoms with van der Waals surface area (Å²) in [6, 6.07) is 17.6. The van der Waals surface area contributed by atoms with E-state index in [9.17, 15) is 14.0 Å². The van der Waals surface area contributed by atoms with Crippen LogP contribution >= 0.6 is 0 Å². The van der Waals surface area contributed by atoms with Crippen LogP contribution in [0.25, 0.3) is 11.4 Å². The zero-order chi connectivity index (χ0) is 33.5. The van der Waals surface area contributed by atoms with Gasteiger partial charge in [-0.2, -0.15) is 4.80 Å². The van der Waals surface area contributed by atoms with Crippen molar-refractivity contribution in [2.24, 2.45) is 0 Å². The van der Waals surface area contributed by atoms with E-state index >= 15 is 0 Å². The number of nitrogens with one attached hydrogen (secondary N) is 1. The predicted molar refractivity (Wildman–Crippen MR) is 177 cm³/mol. The van der Waals surface area contributed by atoms with Gasteiger partial charge in [0.25, 0.3) is 5.91 Å². The third-order valence-electron chi connectivity index (χ3n) is 9.11. The second kappa shape index (κ2) is 15.4. The van der Waals surface area contributed by atoms with Crippen LogP contribution in [-0.2, 0) is 20.9 Å². The smallest absolute Gasteiger partial charge is 0.251 e. The monoisotopic (exact) mass is 656 g/mol. The molecule has 48 heavy (non-hydrogen) atoms. The second-order valence-electron chi connectivity index (χ2n) is 12.2. The molecule has 252 valence electrons. The summed E-state index contributed by atoms with van der Waals surface area (Å²) >= 11 is 0. The van der Waals surface area contributed by atoms with Crippen molar-refractivity contribution in [1.29, 1.82) is 0 Å². The largest absolute Gasteiger partial charge is 0.493 e. The number of tetrazole rings is 1. The molecule has 0 spiro atoms. The molecular weight excluding hydrogens is 615 g/mol. The molecule has 0 unspecified atom stereocenters. The number of carbonyl (C=O) groups is 2. The zero-order valence-corrected chi connectivity index (χ0v) is 27.3. The Kier molecular flexibility index (Phi) is 10.6. The molecule has 2 amide bonds. The van der Waals surface area contributed by atoms with Crippen LogP contribution in [0, 0.1) is 5.82 Å². The van der Waals surface area contributed by atoms with E-state index in [0.717, 1.165) is 25.7 Å². The molecule has 2 aliphatic rings. The Bertz CT molecular complexity index is 1680. The normalized spacial score (nSPS) is 17.1. The lowest BCUT2D eigenvalue weighted by molar-refractivity contribution is -0.127. The van der Waals surface area contributed by atoms with Crippen LogP contribution in [0.15, 0.2) is 66.7 Å². The summed E-state index contributed by atoms with van der Waals surface area (Å²) in [5.41, 5.74) is 2.83. The van der Waals surface area contributed by atoms with Crippen LogP contribution in [0.5, 0.6) is 11.5 Å². The average Bonchev–Trinajstić information content (AvgIpc) is 3.83. The third-order valence-corrected chi connectivity index (χ3v) is 9.11. The zero-order valence-electron chi connectivity index (χ0n) is 27.3. The van der Waals surface area contributed by atoms with Crippen molar-refractivity contribution in [1.82, 2.24) is 25.5 Å². The molecule has 1 saturated heterocycles. The summed E-state index contributed by atoms with van der Waals surface area (Å²) in [6.07, 6.45) is 7.58. The SMILES string of the molecule is COc1ccc(-c2nnn(CC(=O)N(c3ccc(C4CCCCC4)cc3)[C@H](C(=O)NC[C@H]3CCCO3)c3ccc(F)cc3)n2)cc1OC. The van der Waals surface area contributed by atoms with Gasteiger partial charge in [-0.3, -0.25) is 14.5 Å². The summed E-state index contributed by atoms with van der Waals surface area (Å²) < 4.78 is 30.6. The Balaban J connectivity index is 1.33. The van der Waals surface area contributed by atoms with Crippen LogP contribution < -0.4 is 19.7 Å². The number of ether oxygens (including phenoxy) is 3. The van der Waals surface area contributed by atoms with E-state index in [1.165, 1.54) is 65.9 Å². The molecule has 2 atom stereocenters. The number of hydrogen-bond acceptors (Lipinski definition) is 8. The molecule has 1 saturated carbocycles. The first-order valence-electron chi connectivity index (χ1n) is 16.5. The lowest BCUT2D eigenvalue weighted by Gasteiger charge is -2.32.